The molecule has 4 heteroatoms. The Kier molecular flexibility index (Phi) is 9.03. The average Bonchev–Trinajstić information content (AvgIpc) is 3.64. The summed E-state index contributed by atoms with van der Waals surface area (Å²) in [5, 5.41) is 0. The zero-order chi connectivity index (χ0) is 45.0. The molecule has 2 aliphatic carbocycles. The molecule has 3 heterocycles. The average molecular weight is 833 g/mol. The Hall–Kier alpha value is -4.96. The first-order valence-corrected chi connectivity index (χ1v) is 23.8. The summed E-state index contributed by atoms with van der Waals surface area (Å²) < 4.78 is 7.76. The normalized spacial score (nSPS) is 18.9. The van der Waals surface area contributed by atoms with Crippen molar-refractivity contribution in [2.45, 2.75) is 162 Å². The molecule has 0 atom stereocenters. The summed E-state index contributed by atoms with van der Waals surface area (Å²) in [6, 6.07) is 37.8. The number of rotatable bonds is 3. The number of furan rings is 1. The topological polar surface area (TPSA) is 19.6 Å². The first-order valence-electron chi connectivity index (χ1n) is 23.8. The molecule has 0 N–H and O–H groups in total. The maximum absolute atomic E-state index is 7.76. The van der Waals surface area contributed by atoms with Crippen molar-refractivity contribution >= 4 is 57.4 Å². The summed E-state index contributed by atoms with van der Waals surface area (Å²) in [4.78, 5) is 5.34. The van der Waals surface area contributed by atoms with E-state index in [1.807, 2.05) is 0 Å². The minimum atomic E-state index is -0.114. The van der Waals surface area contributed by atoms with Crippen molar-refractivity contribution in [1.29, 1.82) is 0 Å². The highest BCUT2D eigenvalue weighted by Crippen LogP contribution is 2.58. The molecule has 0 unspecified atom stereocenters. The second kappa shape index (κ2) is 13.5. The van der Waals surface area contributed by atoms with E-state index in [0.717, 1.165) is 30.7 Å². The lowest BCUT2D eigenvalue weighted by molar-refractivity contribution is 0.282. The van der Waals surface area contributed by atoms with Gasteiger partial charge >= 0.3 is 0 Å². The summed E-state index contributed by atoms with van der Waals surface area (Å²) in [5.74, 6) is 1.16. The molecule has 63 heavy (non-hydrogen) atoms. The maximum Gasteiger partial charge on any atom is 0.297 e. The molecule has 0 radical (unpaired) electrons. The molecule has 0 saturated heterocycles. The van der Waals surface area contributed by atoms with E-state index in [-0.39, 0.29) is 39.2 Å². The Balaban J connectivity index is 1.37. The van der Waals surface area contributed by atoms with Gasteiger partial charge in [0.15, 0.2) is 0 Å². The van der Waals surface area contributed by atoms with Crippen molar-refractivity contribution in [1.82, 2.24) is 0 Å². The molecule has 0 fully saturated rings. The Morgan fingerprint density at radius 3 is 1.75 bits per heavy atom. The number of benzene rings is 5. The third-order valence-corrected chi connectivity index (χ3v) is 15.8. The van der Waals surface area contributed by atoms with Gasteiger partial charge in [-0.15, -0.1) is 0 Å². The van der Waals surface area contributed by atoms with Gasteiger partial charge in [0.05, 0.1) is 17.0 Å². The quantitative estimate of drug-likeness (QED) is 0.165. The zero-order valence-corrected chi connectivity index (χ0v) is 40.9. The van der Waals surface area contributed by atoms with Gasteiger partial charge in [0.25, 0.3) is 6.71 Å². The summed E-state index contributed by atoms with van der Waals surface area (Å²) in [5.41, 5.74) is 21.9. The van der Waals surface area contributed by atoms with Gasteiger partial charge in [0.1, 0.15) is 5.76 Å². The first-order chi connectivity index (χ1) is 29.4. The predicted octanol–water partition coefficient (Wildman–Crippen LogP) is 14.6. The summed E-state index contributed by atoms with van der Waals surface area (Å²) in [6.45, 7) is 35.8. The molecule has 324 valence electrons. The minimum Gasteiger partial charge on any atom is -0.472 e. The van der Waals surface area contributed by atoms with Crippen LogP contribution in [0.4, 0.5) is 34.1 Å². The largest absolute Gasteiger partial charge is 0.472 e. The Morgan fingerprint density at radius 1 is 0.540 bits per heavy atom. The smallest absolute Gasteiger partial charge is 0.297 e. The lowest BCUT2D eigenvalue weighted by Crippen LogP contribution is -2.62. The molecule has 6 aromatic rings. The second-order valence-electron chi connectivity index (χ2n) is 24.4. The van der Waals surface area contributed by atoms with Crippen molar-refractivity contribution < 1.29 is 4.42 Å². The monoisotopic (exact) mass is 833 g/mol. The fraction of sp³-hybridized carbons (Fsp3) is 0.424. The fourth-order valence-corrected chi connectivity index (χ4v) is 11.8. The summed E-state index contributed by atoms with van der Waals surface area (Å²) in [7, 11) is 0. The molecule has 4 aliphatic rings. The number of nitrogens with zero attached hydrogens (tertiary/aromatic N) is 2. The van der Waals surface area contributed by atoms with Crippen LogP contribution in [-0.4, -0.2) is 6.71 Å². The molecule has 0 spiro atoms. The van der Waals surface area contributed by atoms with Crippen molar-refractivity contribution in [3.8, 4) is 11.1 Å². The van der Waals surface area contributed by atoms with E-state index >= 15 is 0 Å². The number of hydrogen-bond acceptors (Lipinski definition) is 3. The standard InChI is InChI=1S/C59H69BN2O/c1-36-33-45-49-46(34-36)62(44-28-23-39(55(5,6)7)35-41(44)37-19-17-16-18-20-37)51-48-52(59(14,15)32-31-58(48,12)13)63-53(51)60(49)43-27-26-42-47(57(10,11)30-29-56(42,8)9)50(43)61(45)40-24-21-38(22-25-40)54(2,3)4/h16-28,33-35H,29-32H2,1-15H3. The second-order valence-corrected chi connectivity index (χ2v) is 24.4. The maximum atomic E-state index is 7.76. The van der Waals surface area contributed by atoms with Gasteiger partial charge in [-0.3, -0.25) is 0 Å². The molecular weight excluding hydrogens is 763 g/mol. The molecule has 3 nitrogen and oxygen atoms in total. The first kappa shape index (κ1) is 42.0. The van der Waals surface area contributed by atoms with Crippen LogP contribution in [0.15, 0.2) is 101 Å². The van der Waals surface area contributed by atoms with E-state index < -0.39 is 0 Å². The van der Waals surface area contributed by atoms with E-state index in [0.29, 0.717) is 0 Å². The van der Waals surface area contributed by atoms with Gasteiger partial charge in [0.2, 0.25) is 0 Å². The number of aryl methyl sites for hydroxylation is 1. The molecule has 5 aromatic carbocycles. The van der Waals surface area contributed by atoms with Crippen LogP contribution in [0.5, 0.6) is 0 Å². The number of hydrogen-bond donors (Lipinski definition) is 0. The van der Waals surface area contributed by atoms with E-state index in [4.69, 9.17) is 4.42 Å². The summed E-state index contributed by atoms with van der Waals surface area (Å²) in [6.07, 6.45) is 4.49. The predicted molar refractivity (Wildman–Crippen MR) is 271 cm³/mol. The third kappa shape index (κ3) is 6.35. The number of anilines is 6. The van der Waals surface area contributed by atoms with Crippen LogP contribution in [-0.2, 0) is 32.5 Å². The van der Waals surface area contributed by atoms with Crippen LogP contribution < -0.4 is 26.4 Å². The fourth-order valence-electron chi connectivity index (χ4n) is 11.8. The molecular formula is C59H69BN2O. The van der Waals surface area contributed by atoms with E-state index in [1.54, 1.807) is 0 Å². The van der Waals surface area contributed by atoms with Crippen LogP contribution in [0.25, 0.3) is 11.1 Å². The van der Waals surface area contributed by atoms with Crippen LogP contribution in [0.3, 0.4) is 0 Å². The number of fused-ring (bicyclic) bond motifs is 8. The van der Waals surface area contributed by atoms with Gasteiger partial charge in [-0.2, -0.15) is 0 Å². The lowest BCUT2D eigenvalue weighted by Gasteiger charge is -2.49. The Morgan fingerprint density at radius 2 is 1.11 bits per heavy atom. The molecule has 10 rings (SSSR count). The Bertz CT molecular complexity index is 2820. The van der Waals surface area contributed by atoms with Gasteiger partial charge in [-0.1, -0.05) is 158 Å². The third-order valence-electron chi connectivity index (χ3n) is 15.8. The Labute approximate surface area is 379 Å². The highest BCUT2D eigenvalue weighted by Gasteiger charge is 2.54. The highest BCUT2D eigenvalue weighted by molar-refractivity contribution is 6.99. The van der Waals surface area contributed by atoms with Crippen molar-refractivity contribution in [2.75, 3.05) is 9.80 Å². The van der Waals surface area contributed by atoms with Crippen LogP contribution >= 0.6 is 0 Å². The molecule has 2 aliphatic heterocycles. The lowest BCUT2D eigenvalue weighted by atomic mass is 9.34. The van der Waals surface area contributed by atoms with Crippen molar-refractivity contribution in [3.63, 3.8) is 0 Å². The van der Waals surface area contributed by atoms with Crippen LogP contribution in [0, 0.1) is 6.92 Å². The van der Waals surface area contributed by atoms with Crippen molar-refractivity contribution in [3.05, 3.63) is 136 Å². The van der Waals surface area contributed by atoms with E-state index in [9.17, 15) is 0 Å². The summed E-state index contributed by atoms with van der Waals surface area (Å²) >= 11 is 0. The van der Waals surface area contributed by atoms with Crippen LogP contribution in [0.1, 0.15) is 162 Å². The van der Waals surface area contributed by atoms with E-state index in [1.165, 1.54) is 96.0 Å². The van der Waals surface area contributed by atoms with Crippen LogP contribution in [0.2, 0.25) is 0 Å². The highest BCUT2D eigenvalue weighted by atomic mass is 16.3. The minimum absolute atomic E-state index is 0.0161. The molecule has 1 aromatic heterocycles. The van der Waals surface area contributed by atoms with E-state index in [2.05, 4.69) is 211 Å². The molecule has 0 amide bonds. The molecule has 0 bridgehead atoms. The van der Waals surface area contributed by atoms with Crippen molar-refractivity contribution in [2.24, 2.45) is 0 Å². The van der Waals surface area contributed by atoms with Gasteiger partial charge in [-0.05, 0) is 140 Å². The van der Waals surface area contributed by atoms with Gasteiger partial charge in [0, 0.05) is 39.3 Å². The molecule has 0 saturated carbocycles. The van der Waals surface area contributed by atoms with Gasteiger partial charge < -0.3 is 14.2 Å². The zero-order valence-electron chi connectivity index (χ0n) is 40.9. The van der Waals surface area contributed by atoms with Gasteiger partial charge in [-0.25, -0.2) is 0 Å². The SMILES string of the molecule is Cc1cc2c3c(c1)N(c1ccc(C(C)(C)C)cc1-c1ccccc1)c1c(oc4c1C(C)(C)CCC4(C)C)B3c1ccc3c(c1N2c1ccc(C(C)(C)C)cc1)C(C)(C)CCC3(C)C.